The number of pyridine rings is 1. The lowest BCUT2D eigenvalue weighted by molar-refractivity contribution is 0.0939. The first-order valence-electron chi connectivity index (χ1n) is 7.32. The van der Waals surface area contributed by atoms with Gasteiger partial charge in [-0.25, -0.2) is 0 Å². The molecule has 0 saturated heterocycles. The van der Waals surface area contributed by atoms with Gasteiger partial charge in [0.05, 0.1) is 11.1 Å². The highest BCUT2D eigenvalue weighted by atomic mass is 16.1. The standard InChI is InChI=1S/C17H20N2O/c1-11-7-8-16-14(9-11)15(10-12(2)18-16)17(20)19-13-5-3-4-6-13/h7-10,13H,3-6H2,1-2H3,(H,19,20). The van der Waals surface area contributed by atoms with Crippen molar-refractivity contribution >= 4 is 16.8 Å². The Morgan fingerprint density at radius 1 is 1.20 bits per heavy atom. The van der Waals surface area contributed by atoms with Gasteiger partial charge in [-0.1, -0.05) is 24.5 Å². The summed E-state index contributed by atoms with van der Waals surface area (Å²) in [5.74, 6) is 0.0398. The van der Waals surface area contributed by atoms with E-state index in [1.165, 1.54) is 12.8 Å². The molecule has 0 atom stereocenters. The smallest absolute Gasteiger partial charge is 0.252 e. The fourth-order valence-electron chi connectivity index (χ4n) is 2.99. The van der Waals surface area contributed by atoms with Crippen LogP contribution in [-0.4, -0.2) is 16.9 Å². The number of aromatic nitrogens is 1. The summed E-state index contributed by atoms with van der Waals surface area (Å²) < 4.78 is 0. The Labute approximate surface area is 119 Å². The first-order chi connectivity index (χ1) is 9.63. The summed E-state index contributed by atoms with van der Waals surface area (Å²) in [6.07, 6.45) is 4.65. The zero-order valence-corrected chi connectivity index (χ0v) is 12.1. The molecule has 20 heavy (non-hydrogen) atoms. The number of hydrogen-bond donors (Lipinski definition) is 1. The van der Waals surface area contributed by atoms with Crippen LogP contribution >= 0.6 is 0 Å². The van der Waals surface area contributed by atoms with E-state index in [1.54, 1.807) is 0 Å². The highest BCUT2D eigenvalue weighted by Crippen LogP contribution is 2.22. The summed E-state index contributed by atoms with van der Waals surface area (Å²) in [7, 11) is 0. The molecule has 1 aromatic carbocycles. The highest BCUT2D eigenvalue weighted by molar-refractivity contribution is 6.06. The molecule has 3 heteroatoms. The summed E-state index contributed by atoms with van der Waals surface area (Å²) in [5, 5.41) is 4.12. The minimum atomic E-state index is 0.0398. The summed E-state index contributed by atoms with van der Waals surface area (Å²) in [6.45, 7) is 3.98. The Bertz CT molecular complexity index is 657. The molecule has 2 aromatic rings. The van der Waals surface area contributed by atoms with Crippen molar-refractivity contribution in [3.8, 4) is 0 Å². The number of carbonyl (C=O) groups excluding carboxylic acids is 1. The lowest BCUT2D eigenvalue weighted by atomic mass is 10.0. The Balaban J connectivity index is 2.00. The first kappa shape index (κ1) is 13.1. The van der Waals surface area contributed by atoms with Crippen LogP contribution in [0.25, 0.3) is 10.9 Å². The van der Waals surface area contributed by atoms with E-state index in [0.29, 0.717) is 6.04 Å². The van der Waals surface area contributed by atoms with Crippen molar-refractivity contribution in [1.82, 2.24) is 10.3 Å². The maximum absolute atomic E-state index is 12.5. The van der Waals surface area contributed by atoms with Crippen LogP contribution in [0.5, 0.6) is 0 Å². The Kier molecular flexibility index (Phi) is 3.43. The number of hydrogen-bond acceptors (Lipinski definition) is 2. The molecule has 0 spiro atoms. The average molecular weight is 268 g/mol. The van der Waals surface area contributed by atoms with Crippen LogP contribution in [0.2, 0.25) is 0 Å². The highest BCUT2D eigenvalue weighted by Gasteiger charge is 2.19. The van der Waals surface area contributed by atoms with E-state index in [0.717, 1.165) is 40.6 Å². The summed E-state index contributed by atoms with van der Waals surface area (Å²) >= 11 is 0. The number of carbonyl (C=O) groups is 1. The zero-order chi connectivity index (χ0) is 14.1. The third-order valence-corrected chi connectivity index (χ3v) is 4.03. The second-order valence-corrected chi connectivity index (χ2v) is 5.79. The number of nitrogens with one attached hydrogen (secondary N) is 1. The molecule has 1 aliphatic rings. The van der Waals surface area contributed by atoms with Gasteiger partial charge < -0.3 is 5.32 Å². The third kappa shape index (κ3) is 2.53. The molecule has 1 aromatic heterocycles. The molecule has 0 unspecified atom stereocenters. The molecule has 1 fully saturated rings. The summed E-state index contributed by atoms with van der Waals surface area (Å²) in [5.41, 5.74) is 3.69. The predicted molar refractivity (Wildman–Crippen MR) is 80.9 cm³/mol. The molecular formula is C17H20N2O. The van der Waals surface area contributed by atoms with E-state index in [9.17, 15) is 4.79 Å². The molecule has 0 radical (unpaired) electrons. The van der Waals surface area contributed by atoms with Crippen LogP contribution in [0.15, 0.2) is 24.3 Å². The van der Waals surface area contributed by atoms with Crippen LogP contribution in [0.4, 0.5) is 0 Å². The molecule has 1 N–H and O–H groups in total. The van der Waals surface area contributed by atoms with E-state index in [1.807, 2.05) is 38.1 Å². The molecule has 1 aliphatic carbocycles. The first-order valence-corrected chi connectivity index (χ1v) is 7.32. The van der Waals surface area contributed by atoms with Crippen molar-refractivity contribution in [1.29, 1.82) is 0 Å². The van der Waals surface area contributed by atoms with Gasteiger partial charge >= 0.3 is 0 Å². The molecule has 1 heterocycles. The van der Waals surface area contributed by atoms with Crippen LogP contribution in [0.3, 0.4) is 0 Å². The lowest BCUT2D eigenvalue weighted by Gasteiger charge is -2.14. The van der Waals surface area contributed by atoms with Gasteiger partial charge in [-0.2, -0.15) is 0 Å². The number of nitrogens with zero attached hydrogens (tertiary/aromatic N) is 1. The average Bonchev–Trinajstić information content (AvgIpc) is 2.91. The molecule has 1 saturated carbocycles. The SMILES string of the molecule is Cc1ccc2nc(C)cc(C(=O)NC3CCCC3)c2c1. The fourth-order valence-corrected chi connectivity index (χ4v) is 2.99. The second-order valence-electron chi connectivity index (χ2n) is 5.79. The molecule has 0 aliphatic heterocycles. The summed E-state index contributed by atoms with van der Waals surface area (Å²) in [6, 6.07) is 8.31. The van der Waals surface area contributed by atoms with Crippen molar-refractivity contribution in [2.45, 2.75) is 45.6 Å². The molecule has 104 valence electrons. The van der Waals surface area contributed by atoms with Crippen LogP contribution < -0.4 is 5.32 Å². The molecule has 0 bridgehead atoms. The van der Waals surface area contributed by atoms with Crippen LogP contribution in [0.1, 0.15) is 47.3 Å². The predicted octanol–water partition coefficient (Wildman–Crippen LogP) is 3.52. The van der Waals surface area contributed by atoms with Crippen LogP contribution in [0, 0.1) is 13.8 Å². The Hall–Kier alpha value is -1.90. The maximum atomic E-state index is 12.5. The number of rotatable bonds is 2. The largest absolute Gasteiger partial charge is 0.349 e. The minimum absolute atomic E-state index is 0.0398. The van der Waals surface area contributed by atoms with Crippen molar-refractivity contribution in [2.75, 3.05) is 0 Å². The van der Waals surface area contributed by atoms with E-state index < -0.39 is 0 Å². The normalized spacial score (nSPS) is 15.7. The van der Waals surface area contributed by atoms with Gasteiger partial charge in [0.25, 0.3) is 5.91 Å². The topological polar surface area (TPSA) is 42.0 Å². The summed E-state index contributed by atoms with van der Waals surface area (Å²) in [4.78, 5) is 17.1. The van der Waals surface area contributed by atoms with Gasteiger partial charge in [-0.3, -0.25) is 9.78 Å². The Morgan fingerprint density at radius 2 is 1.95 bits per heavy atom. The van der Waals surface area contributed by atoms with Gasteiger partial charge in [0.15, 0.2) is 0 Å². The van der Waals surface area contributed by atoms with Gasteiger partial charge in [0, 0.05) is 17.1 Å². The molecule has 1 amide bonds. The van der Waals surface area contributed by atoms with Crippen molar-refractivity contribution in [3.05, 3.63) is 41.1 Å². The minimum Gasteiger partial charge on any atom is -0.349 e. The second kappa shape index (κ2) is 5.23. The molecular weight excluding hydrogens is 248 g/mol. The molecule has 3 nitrogen and oxygen atoms in total. The number of fused-ring (bicyclic) bond motifs is 1. The number of benzene rings is 1. The van der Waals surface area contributed by atoms with E-state index >= 15 is 0 Å². The zero-order valence-electron chi connectivity index (χ0n) is 12.1. The Morgan fingerprint density at radius 3 is 2.70 bits per heavy atom. The van der Waals surface area contributed by atoms with Crippen molar-refractivity contribution in [3.63, 3.8) is 0 Å². The van der Waals surface area contributed by atoms with E-state index in [-0.39, 0.29) is 5.91 Å². The number of amides is 1. The quantitative estimate of drug-likeness (QED) is 0.905. The molecule has 3 rings (SSSR count). The third-order valence-electron chi connectivity index (χ3n) is 4.03. The lowest BCUT2D eigenvalue weighted by Crippen LogP contribution is -2.32. The fraction of sp³-hybridized carbons (Fsp3) is 0.412. The van der Waals surface area contributed by atoms with Crippen LogP contribution in [-0.2, 0) is 0 Å². The van der Waals surface area contributed by atoms with Gasteiger partial charge in [0.2, 0.25) is 0 Å². The van der Waals surface area contributed by atoms with Crippen molar-refractivity contribution in [2.24, 2.45) is 0 Å². The van der Waals surface area contributed by atoms with E-state index in [2.05, 4.69) is 10.3 Å². The van der Waals surface area contributed by atoms with Gasteiger partial charge in [0.1, 0.15) is 0 Å². The van der Waals surface area contributed by atoms with Gasteiger partial charge in [-0.05, 0) is 44.9 Å². The maximum Gasteiger partial charge on any atom is 0.252 e. The monoisotopic (exact) mass is 268 g/mol. The van der Waals surface area contributed by atoms with Crippen molar-refractivity contribution < 1.29 is 4.79 Å². The number of aryl methyl sites for hydroxylation is 2. The van der Waals surface area contributed by atoms with E-state index in [4.69, 9.17) is 0 Å². The van der Waals surface area contributed by atoms with Gasteiger partial charge in [-0.15, -0.1) is 0 Å².